The molecule has 1 aliphatic heterocycles. The molecule has 2 amide bonds. The number of benzene rings is 1. The molecule has 2 aliphatic rings. The standard InChI is InChI=1S/C22H32FN3O3/c1-21(2,3)29-20(28)24-14-22(4,16-8-9-16)25-19(27)15-7-10-18(17(23)13-15)26-11-5-6-12-26/h7,10,13,16H,5-6,8-9,11-12,14H2,1-4H3,(H,24,28)(H,25,27). The van der Waals surface area contributed by atoms with E-state index in [1.165, 1.54) is 6.07 Å². The van der Waals surface area contributed by atoms with E-state index in [2.05, 4.69) is 10.6 Å². The Kier molecular flexibility index (Phi) is 6.05. The van der Waals surface area contributed by atoms with Crippen LogP contribution in [0, 0.1) is 11.7 Å². The first-order valence-electron chi connectivity index (χ1n) is 10.4. The average Bonchev–Trinajstić information content (AvgIpc) is 3.35. The van der Waals surface area contributed by atoms with E-state index < -0.39 is 17.2 Å². The zero-order valence-electron chi connectivity index (χ0n) is 17.8. The molecule has 2 N–H and O–H groups in total. The van der Waals surface area contributed by atoms with Crippen molar-refractivity contribution in [1.82, 2.24) is 10.6 Å². The molecule has 1 aromatic rings. The van der Waals surface area contributed by atoms with Gasteiger partial charge in [-0.2, -0.15) is 0 Å². The van der Waals surface area contributed by atoms with Crippen LogP contribution in [0.4, 0.5) is 14.9 Å². The molecule has 0 bridgehead atoms. The van der Waals surface area contributed by atoms with Gasteiger partial charge in [0.25, 0.3) is 5.91 Å². The van der Waals surface area contributed by atoms with Crippen LogP contribution >= 0.6 is 0 Å². The Hall–Kier alpha value is -2.31. The molecule has 1 saturated heterocycles. The summed E-state index contributed by atoms with van der Waals surface area (Å²) in [6.45, 7) is 9.26. The predicted octanol–water partition coefficient (Wildman–Crippen LogP) is 3.85. The number of hydrogen-bond donors (Lipinski definition) is 2. The van der Waals surface area contributed by atoms with Gasteiger partial charge < -0.3 is 20.3 Å². The van der Waals surface area contributed by atoms with E-state index in [9.17, 15) is 14.0 Å². The van der Waals surface area contributed by atoms with Gasteiger partial charge in [0.2, 0.25) is 0 Å². The second kappa shape index (κ2) is 8.20. The van der Waals surface area contributed by atoms with Crippen LogP contribution in [-0.2, 0) is 4.74 Å². The highest BCUT2D eigenvalue weighted by Gasteiger charge is 2.43. The number of alkyl carbamates (subject to hydrolysis) is 1. The fourth-order valence-electron chi connectivity index (χ4n) is 3.78. The lowest BCUT2D eigenvalue weighted by Crippen LogP contribution is -2.55. The summed E-state index contributed by atoms with van der Waals surface area (Å²) in [7, 11) is 0. The second-order valence-corrected chi connectivity index (χ2v) is 9.36. The minimum Gasteiger partial charge on any atom is -0.444 e. The first kappa shape index (κ1) is 21.4. The number of anilines is 1. The highest BCUT2D eigenvalue weighted by atomic mass is 19.1. The maximum absolute atomic E-state index is 14.6. The van der Waals surface area contributed by atoms with Crippen molar-refractivity contribution in [3.8, 4) is 0 Å². The molecule has 2 fully saturated rings. The quantitative estimate of drug-likeness (QED) is 0.754. The van der Waals surface area contributed by atoms with Crippen molar-refractivity contribution < 1.29 is 18.7 Å². The van der Waals surface area contributed by atoms with Crippen molar-refractivity contribution in [2.24, 2.45) is 5.92 Å². The van der Waals surface area contributed by atoms with Gasteiger partial charge in [-0.1, -0.05) is 0 Å². The van der Waals surface area contributed by atoms with Crippen LogP contribution in [-0.4, -0.2) is 42.8 Å². The molecule has 1 aromatic carbocycles. The lowest BCUT2D eigenvalue weighted by Gasteiger charge is -2.32. The number of halogens is 1. The molecule has 1 aliphatic carbocycles. The van der Waals surface area contributed by atoms with E-state index in [4.69, 9.17) is 4.74 Å². The van der Waals surface area contributed by atoms with Gasteiger partial charge in [0.15, 0.2) is 0 Å². The van der Waals surface area contributed by atoms with E-state index >= 15 is 0 Å². The third kappa shape index (κ3) is 5.61. The third-order valence-electron chi connectivity index (χ3n) is 5.53. The topological polar surface area (TPSA) is 70.7 Å². The van der Waals surface area contributed by atoms with E-state index in [1.54, 1.807) is 32.9 Å². The average molecular weight is 406 g/mol. The number of rotatable bonds is 6. The molecule has 7 heteroatoms. The largest absolute Gasteiger partial charge is 0.444 e. The van der Waals surface area contributed by atoms with Crippen molar-refractivity contribution in [1.29, 1.82) is 0 Å². The summed E-state index contributed by atoms with van der Waals surface area (Å²) >= 11 is 0. The number of hydrogen-bond acceptors (Lipinski definition) is 4. The van der Waals surface area contributed by atoms with Crippen molar-refractivity contribution >= 4 is 17.7 Å². The SMILES string of the molecule is CC(C)(C)OC(=O)NCC(C)(NC(=O)c1ccc(N2CCCC2)c(F)c1)C1CC1. The highest BCUT2D eigenvalue weighted by molar-refractivity contribution is 5.95. The van der Waals surface area contributed by atoms with Crippen molar-refractivity contribution in [2.45, 2.75) is 64.5 Å². The van der Waals surface area contributed by atoms with Crippen LogP contribution in [0.5, 0.6) is 0 Å². The Morgan fingerprint density at radius 2 is 1.83 bits per heavy atom. The number of nitrogens with zero attached hydrogens (tertiary/aromatic N) is 1. The molecule has 6 nitrogen and oxygen atoms in total. The number of amides is 2. The molecule has 0 radical (unpaired) electrons. The van der Waals surface area contributed by atoms with Gasteiger partial charge in [0.1, 0.15) is 11.4 Å². The van der Waals surface area contributed by atoms with Crippen molar-refractivity contribution in [2.75, 3.05) is 24.5 Å². The van der Waals surface area contributed by atoms with Gasteiger partial charge in [0, 0.05) is 25.2 Å². The Morgan fingerprint density at radius 3 is 2.38 bits per heavy atom. The maximum Gasteiger partial charge on any atom is 0.407 e. The first-order valence-corrected chi connectivity index (χ1v) is 10.4. The fourth-order valence-corrected chi connectivity index (χ4v) is 3.78. The second-order valence-electron chi connectivity index (χ2n) is 9.36. The molecule has 1 saturated carbocycles. The van der Waals surface area contributed by atoms with E-state index in [0.717, 1.165) is 38.8 Å². The molecule has 29 heavy (non-hydrogen) atoms. The van der Waals surface area contributed by atoms with Crippen LogP contribution in [0.15, 0.2) is 18.2 Å². The van der Waals surface area contributed by atoms with Crippen LogP contribution in [0.1, 0.15) is 63.7 Å². The van der Waals surface area contributed by atoms with Gasteiger partial charge in [0.05, 0.1) is 11.2 Å². The molecule has 3 rings (SSSR count). The minimum atomic E-state index is -0.613. The summed E-state index contributed by atoms with van der Waals surface area (Å²) < 4.78 is 19.9. The Morgan fingerprint density at radius 1 is 1.17 bits per heavy atom. The molecular weight excluding hydrogens is 373 g/mol. The molecular formula is C22H32FN3O3. The van der Waals surface area contributed by atoms with Crippen molar-refractivity contribution in [3.63, 3.8) is 0 Å². The first-order chi connectivity index (χ1) is 13.6. The van der Waals surface area contributed by atoms with Gasteiger partial charge in [-0.05, 0) is 77.5 Å². The van der Waals surface area contributed by atoms with Crippen LogP contribution in [0.25, 0.3) is 0 Å². The smallest absolute Gasteiger partial charge is 0.407 e. The van der Waals surface area contributed by atoms with Crippen LogP contribution < -0.4 is 15.5 Å². The summed E-state index contributed by atoms with van der Waals surface area (Å²) in [5, 5.41) is 5.78. The van der Waals surface area contributed by atoms with E-state index in [-0.39, 0.29) is 29.8 Å². The predicted molar refractivity (Wildman–Crippen MR) is 111 cm³/mol. The maximum atomic E-state index is 14.6. The summed E-state index contributed by atoms with van der Waals surface area (Å²) in [5.41, 5.74) is -0.360. The highest BCUT2D eigenvalue weighted by Crippen LogP contribution is 2.39. The van der Waals surface area contributed by atoms with Crippen molar-refractivity contribution in [3.05, 3.63) is 29.6 Å². The zero-order chi connectivity index (χ0) is 21.2. The summed E-state index contributed by atoms with van der Waals surface area (Å²) in [6.07, 6.45) is 3.57. The van der Waals surface area contributed by atoms with Gasteiger partial charge in [-0.15, -0.1) is 0 Å². The Labute approximate surface area is 172 Å². The number of nitrogens with one attached hydrogen (secondary N) is 2. The fraction of sp³-hybridized carbons (Fsp3) is 0.636. The van der Waals surface area contributed by atoms with Crippen LogP contribution in [0.3, 0.4) is 0 Å². The number of carbonyl (C=O) groups excluding carboxylic acids is 2. The lowest BCUT2D eigenvalue weighted by molar-refractivity contribution is 0.0502. The van der Waals surface area contributed by atoms with E-state index in [1.807, 2.05) is 11.8 Å². The summed E-state index contributed by atoms with van der Waals surface area (Å²) in [4.78, 5) is 26.8. The van der Waals surface area contributed by atoms with Gasteiger partial charge >= 0.3 is 6.09 Å². The summed E-state index contributed by atoms with van der Waals surface area (Å²) in [5.74, 6) is -0.438. The normalized spacial score (nSPS) is 18.9. The molecule has 0 aromatic heterocycles. The Balaban J connectivity index is 1.64. The monoisotopic (exact) mass is 405 g/mol. The summed E-state index contributed by atoms with van der Waals surface area (Å²) in [6, 6.07) is 4.65. The zero-order valence-corrected chi connectivity index (χ0v) is 17.8. The lowest BCUT2D eigenvalue weighted by atomic mass is 9.95. The molecule has 1 unspecified atom stereocenters. The number of carbonyl (C=O) groups is 2. The minimum absolute atomic E-state index is 0.257. The van der Waals surface area contributed by atoms with Crippen LogP contribution in [0.2, 0.25) is 0 Å². The molecule has 160 valence electrons. The third-order valence-corrected chi connectivity index (χ3v) is 5.53. The van der Waals surface area contributed by atoms with E-state index in [0.29, 0.717) is 5.69 Å². The molecule has 1 heterocycles. The molecule has 1 atom stereocenters. The van der Waals surface area contributed by atoms with Gasteiger partial charge in [-0.25, -0.2) is 9.18 Å². The molecule has 0 spiro atoms. The number of ether oxygens (including phenoxy) is 1. The Bertz CT molecular complexity index is 767. The van der Waals surface area contributed by atoms with Gasteiger partial charge in [-0.3, -0.25) is 4.79 Å².